The Labute approximate surface area is 391 Å². The van der Waals surface area contributed by atoms with Crippen molar-refractivity contribution in [2.75, 3.05) is 33.2 Å². The van der Waals surface area contributed by atoms with Gasteiger partial charge < -0.3 is 52.5 Å². The Balaban J connectivity index is 1.55. The summed E-state index contributed by atoms with van der Waals surface area (Å²) in [7, 11) is -2.70. The number of unbranched alkanes of at least 4 members (excludes halogenated alkanes) is 5. The molecule has 2 heterocycles. The third kappa shape index (κ3) is 17.7. The van der Waals surface area contributed by atoms with Crippen molar-refractivity contribution in [2.45, 2.75) is 140 Å². The Morgan fingerprint density at radius 1 is 0.621 bits per heavy atom. The van der Waals surface area contributed by atoms with Crippen LogP contribution in [0.15, 0.2) is 91.0 Å². The number of rotatable bonds is 27. The van der Waals surface area contributed by atoms with Gasteiger partial charge in [-0.15, -0.1) is 0 Å². The lowest BCUT2D eigenvalue weighted by atomic mass is 9.96. The second kappa shape index (κ2) is 27.5. The summed E-state index contributed by atoms with van der Waals surface area (Å²) in [5.41, 5.74) is 1.26. The maximum atomic E-state index is 12.8. The van der Waals surface area contributed by atoms with Crippen LogP contribution in [0.25, 0.3) is 0 Å². The van der Waals surface area contributed by atoms with Gasteiger partial charge in [0.2, 0.25) is 0 Å². The third-order valence-corrected chi connectivity index (χ3v) is 11.0. The number of hydrogen-bond donors (Lipinski definition) is 1. The largest absolute Gasteiger partial charge is 0.469 e. The van der Waals surface area contributed by atoms with E-state index >= 15 is 0 Å². The highest BCUT2D eigenvalue weighted by Gasteiger charge is 2.55. The summed E-state index contributed by atoms with van der Waals surface area (Å²) in [6, 6.07) is 25.6. The van der Waals surface area contributed by atoms with Crippen LogP contribution >= 0.6 is 0 Å². The topological polar surface area (TPSA) is 207 Å². The summed E-state index contributed by atoms with van der Waals surface area (Å²) >= 11 is 0. The first-order chi connectivity index (χ1) is 33.0. The van der Waals surface area contributed by atoms with Gasteiger partial charge in [0.1, 0.15) is 43.2 Å². The highest BCUT2D eigenvalue weighted by atomic mass is 32.2. The summed E-state index contributed by atoms with van der Waals surface area (Å²) in [4.78, 5) is 36.7. The zero-order chi connectivity index (χ0) is 49.9. The summed E-state index contributed by atoms with van der Waals surface area (Å²) < 4.78 is 118. The van der Waals surface area contributed by atoms with Gasteiger partial charge in [-0.3, -0.25) is 18.6 Å². The molecule has 0 aliphatic carbocycles. The van der Waals surface area contributed by atoms with E-state index in [0.717, 1.165) is 32.4 Å². The maximum absolute atomic E-state index is 12.8. The molecule has 5 rings (SSSR count). The van der Waals surface area contributed by atoms with E-state index in [-0.39, 0.29) is 12.6 Å². The average molecular weight is 948 g/mol. The van der Waals surface area contributed by atoms with Crippen molar-refractivity contribution in [2.24, 2.45) is 0 Å². The first kappa shape index (κ1) is 48.1. The molecule has 2 fully saturated rings. The van der Waals surface area contributed by atoms with Gasteiger partial charge in [0, 0.05) is 26.9 Å². The van der Waals surface area contributed by atoms with E-state index in [0.29, 0.717) is 42.4 Å². The Bertz CT molecular complexity index is 2110. The molecular weight excluding hydrogens is 881 g/mol. The van der Waals surface area contributed by atoms with E-state index in [1.807, 2.05) is 0 Å². The Morgan fingerprint density at radius 3 is 1.67 bits per heavy atom. The molecule has 0 bridgehead atoms. The predicted molar refractivity (Wildman–Crippen MR) is 237 cm³/mol. The molecular formula is C48H64O17S. The van der Waals surface area contributed by atoms with Crippen molar-refractivity contribution in [3.05, 3.63) is 108 Å². The Kier molecular flexibility index (Phi) is 20.0. The van der Waals surface area contributed by atoms with Crippen molar-refractivity contribution in [3.63, 3.8) is 0 Å². The van der Waals surface area contributed by atoms with Gasteiger partial charge in [0.15, 0.2) is 24.8 Å². The number of carbonyl (C=O) groups excluding carboxylic acids is 3. The van der Waals surface area contributed by atoms with Gasteiger partial charge in [0.05, 0.1) is 43.8 Å². The number of ether oxygens (including phenoxy) is 10. The van der Waals surface area contributed by atoms with Gasteiger partial charge in [-0.05, 0) is 29.5 Å². The van der Waals surface area contributed by atoms with Crippen LogP contribution in [0.1, 0.15) is 79.6 Å². The lowest BCUT2D eigenvalue weighted by molar-refractivity contribution is -0.376. The zero-order valence-corrected chi connectivity index (χ0v) is 38.4. The molecule has 1 N–H and O–H groups in total. The highest BCUT2D eigenvalue weighted by Crippen LogP contribution is 2.36. The standard InChI is InChI=1S/C48H64O17S/c1-33(49)57-31-39-42(58-28-35-20-12-9-13-21-35)44(59-29-36-22-14-10-15-23-36)45(60-30-37-24-16-11-17-25-37)48(64-39)65-46-43(62-34(2)50)41(52)38(32-61-66(4,53)54)63-47(46)56-27-19-8-6-5-7-18-26-40(51)55-3/h9-17,20-25,38-39,41-48,52H,5-8,18-19,26-32H2,1-4H3/t38-,39-,41-,42-,43+,44+,45-,46-,47+,48?/m1/s1/i28D,29D,30D/t28?,29?,30?,38-,39-,41-,42-,43+,44+,45-,46-,47+,48?. The fraction of sp³-hybridized carbons (Fsp3) is 0.562. The highest BCUT2D eigenvalue weighted by molar-refractivity contribution is 7.85. The SMILES string of the molecule is [2H]C(O[C@H]1[C@H](OC([2H])c2ccccc2)[C@@H](OC([2H])c2ccccc2)C(O[C@H]2[C@@H](OCCCCCCCCC(=O)OC)O[C@H](COS(C)(=O)=O)[C@@H](O)[C@@H]2OC(C)=O)O[C@@H]1COC(C)=O)c1ccccc1. The van der Waals surface area contributed by atoms with Crippen molar-refractivity contribution in [1.29, 1.82) is 0 Å². The number of carbonyl (C=O) groups is 3. The van der Waals surface area contributed by atoms with Crippen molar-refractivity contribution in [1.82, 2.24) is 0 Å². The van der Waals surface area contributed by atoms with Crippen LogP contribution in [-0.2, 0) is 95.8 Å². The number of aliphatic hydroxyl groups excluding tert-OH is 1. The number of benzene rings is 3. The molecule has 0 spiro atoms. The molecule has 0 amide bonds. The molecule has 66 heavy (non-hydrogen) atoms. The zero-order valence-electron chi connectivity index (χ0n) is 40.6. The monoisotopic (exact) mass is 947 g/mol. The average Bonchev–Trinajstić information content (AvgIpc) is 3.33. The minimum absolute atomic E-state index is 0.0438. The molecule has 2 aliphatic heterocycles. The van der Waals surface area contributed by atoms with E-state index in [9.17, 15) is 30.6 Å². The van der Waals surface area contributed by atoms with E-state index in [1.54, 1.807) is 91.0 Å². The number of aliphatic hydroxyl groups is 1. The van der Waals surface area contributed by atoms with Crippen LogP contribution in [0.2, 0.25) is 0 Å². The van der Waals surface area contributed by atoms with Crippen LogP contribution < -0.4 is 0 Å². The van der Waals surface area contributed by atoms with Crippen LogP contribution in [0.5, 0.6) is 0 Å². The molecule has 2 aliphatic rings. The lowest BCUT2D eigenvalue weighted by Gasteiger charge is -2.49. The first-order valence-electron chi connectivity index (χ1n) is 23.6. The molecule has 17 nitrogen and oxygen atoms in total. The van der Waals surface area contributed by atoms with Crippen molar-refractivity contribution >= 4 is 28.0 Å². The quantitative estimate of drug-likeness (QED) is 0.0444. The molecule has 0 saturated carbocycles. The summed E-state index contributed by atoms with van der Waals surface area (Å²) in [6.07, 6.45) is -9.89. The normalized spacial score (nSPS) is 27.6. The smallest absolute Gasteiger partial charge is 0.305 e. The van der Waals surface area contributed by atoms with Crippen LogP contribution in [0.3, 0.4) is 0 Å². The fourth-order valence-corrected chi connectivity index (χ4v) is 7.59. The first-order valence-corrected chi connectivity index (χ1v) is 23.7. The fourth-order valence-electron chi connectivity index (χ4n) is 7.21. The second-order valence-electron chi connectivity index (χ2n) is 15.7. The van der Waals surface area contributed by atoms with E-state index < -0.39 is 116 Å². The van der Waals surface area contributed by atoms with Crippen LogP contribution in [-0.4, -0.2) is 126 Å². The van der Waals surface area contributed by atoms with Crippen molar-refractivity contribution < 1.29 is 83.6 Å². The number of esters is 3. The summed E-state index contributed by atoms with van der Waals surface area (Å²) in [5, 5.41) is 11.8. The second-order valence-corrected chi connectivity index (χ2v) is 17.4. The molecule has 3 aromatic rings. The van der Waals surface area contributed by atoms with Crippen molar-refractivity contribution in [3.8, 4) is 0 Å². The van der Waals surface area contributed by atoms with Crippen LogP contribution in [0, 0.1) is 0 Å². The molecule has 18 heteroatoms. The summed E-state index contributed by atoms with van der Waals surface area (Å²) in [6.45, 7) is -3.14. The maximum Gasteiger partial charge on any atom is 0.305 e. The Morgan fingerprint density at radius 2 is 1.14 bits per heavy atom. The number of methoxy groups -OCH3 is 1. The lowest BCUT2D eigenvalue weighted by Crippen LogP contribution is -2.66. The minimum atomic E-state index is -4.05. The third-order valence-electron chi connectivity index (χ3n) is 10.5. The molecule has 364 valence electrons. The van der Waals surface area contributed by atoms with E-state index in [4.69, 9.17) is 52.9 Å². The van der Waals surface area contributed by atoms with Gasteiger partial charge in [-0.25, -0.2) is 0 Å². The Hall–Kier alpha value is -4.34. The minimum Gasteiger partial charge on any atom is -0.469 e. The molecule has 3 aromatic carbocycles. The van der Waals surface area contributed by atoms with E-state index in [1.165, 1.54) is 14.0 Å². The predicted octanol–water partition coefficient (Wildman–Crippen LogP) is 5.33. The van der Waals surface area contributed by atoms with Gasteiger partial charge in [-0.1, -0.05) is 117 Å². The van der Waals surface area contributed by atoms with E-state index in [2.05, 4.69) is 0 Å². The van der Waals surface area contributed by atoms with Gasteiger partial charge in [-0.2, -0.15) is 8.42 Å². The van der Waals surface area contributed by atoms with Gasteiger partial charge >= 0.3 is 17.9 Å². The molecule has 4 unspecified atom stereocenters. The van der Waals surface area contributed by atoms with Gasteiger partial charge in [0.25, 0.3) is 10.1 Å². The molecule has 0 radical (unpaired) electrons. The molecule has 13 atom stereocenters. The molecule has 0 aromatic heterocycles. The number of hydrogen-bond acceptors (Lipinski definition) is 17. The summed E-state index contributed by atoms with van der Waals surface area (Å²) in [5.74, 6) is -1.82. The molecule has 2 saturated heterocycles. The van der Waals surface area contributed by atoms with Crippen LogP contribution in [0.4, 0.5) is 0 Å².